The van der Waals surface area contributed by atoms with Crippen molar-refractivity contribution in [1.29, 1.82) is 0 Å². The van der Waals surface area contributed by atoms with Crippen LogP contribution in [-0.2, 0) is 34.3 Å². The summed E-state index contributed by atoms with van der Waals surface area (Å²) in [5.41, 5.74) is 3.97. The monoisotopic (exact) mass is 437 g/mol. The van der Waals surface area contributed by atoms with E-state index in [0.29, 0.717) is 11.3 Å². The molecule has 0 unspecified atom stereocenters. The van der Waals surface area contributed by atoms with Crippen molar-refractivity contribution in [2.24, 2.45) is 0 Å². The molecule has 1 heterocycles. The standard InChI is InChI=1S/C24H27N3O3S/c1-4-20-8-10-21(11-9-20)16-27(17-22-6-5-13-25-15-22)31(29,30)24-14-23(26-19(3)28)12-7-18(24)2/h5-15H,4,16-17H2,1-3H3,(H,26,28). The van der Waals surface area contributed by atoms with Crippen molar-refractivity contribution in [3.05, 3.63) is 89.2 Å². The second kappa shape index (κ2) is 9.85. The molecule has 162 valence electrons. The van der Waals surface area contributed by atoms with Gasteiger partial charge in [-0.2, -0.15) is 4.31 Å². The van der Waals surface area contributed by atoms with E-state index < -0.39 is 10.0 Å². The lowest BCUT2D eigenvalue weighted by Gasteiger charge is -2.24. The summed E-state index contributed by atoms with van der Waals surface area (Å²) in [6.45, 7) is 5.64. The number of amides is 1. The zero-order valence-corrected chi connectivity index (χ0v) is 18.8. The summed E-state index contributed by atoms with van der Waals surface area (Å²) >= 11 is 0. The number of rotatable bonds is 8. The van der Waals surface area contributed by atoms with E-state index in [4.69, 9.17) is 0 Å². The molecule has 0 fully saturated rings. The van der Waals surface area contributed by atoms with Gasteiger partial charge in [0.2, 0.25) is 15.9 Å². The SMILES string of the molecule is CCc1ccc(CN(Cc2cccnc2)S(=O)(=O)c2cc(NC(C)=O)ccc2C)cc1. The minimum atomic E-state index is -3.85. The van der Waals surface area contributed by atoms with Crippen LogP contribution in [0.1, 0.15) is 36.1 Å². The number of aryl methyl sites for hydroxylation is 2. The van der Waals surface area contributed by atoms with E-state index in [1.165, 1.54) is 22.9 Å². The van der Waals surface area contributed by atoms with Crippen LogP contribution in [-0.4, -0.2) is 23.6 Å². The average Bonchev–Trinajstić information content (AvgIpc) is 2.75. The number of sulfonamides is 1. The Hall–Kier alpha value is -3.03. The first-order chi connectivity index (χ1) is 14.8. The number of carbonyl (C=O) groups is 1. The van der Waals surface area contributed by atoms with Crippen LogP contribution in [0.3, 0.4) is 0 Å². The second-order valence-corrected chi connectivity index (χ2v) is 9.37. The van der Waals surface area contributed by atoms with E-state index in [0.717, 1.165) is 17.5 Å². The van der Waals surface area contributed by atoms with Crippen LogP contribution in [0.15, 0.2) is 71.9 Å². The van der Waals surface area contributed by atoms with Crippen molar-refractivity contribution >= 4 is 21.6 Å². The number of anilines is 1. The second-order valence-electron chi connectivity index (χ2n) is 7.47. The van der Waals surface area contributed by atoms with E-state index in [-0.39, 0.29) is 23.9 Å². The molecule has 0 aliphatic carbocycles. The molecule has 2 aromatic carbocycles. The number of hydrogen-bond donors (Lipinski definition) is 1. The van der Waals surface area contributed by atoms with Crippen molar-refractivity contribution in [1.82, 2.24) is 9.29 Å². The van der Waals surface area contributed by atoms with Gasteiger partial charge >= 0.3 is 0 Å². The van der Waals surface area contributed by atoms with E-state index in [1.54, 1.807) is 37.5 Å². The minimum Gasteiger partial charge on any atom is -0.326 e. The number of benzene rings is 2. The van der Waals surface area contributed by atoms with Crippen molar-refractivity contribution in [3.63, 3.8) is 0 Å². The Bertz CT molecular complexity index is 1140. The topological polar surface area (TPSA) is 79.4 Å². The zero-order valence-electron chi connectivity index (χ0n) is 18.0. The first-order valence-electron chi connectivity index (χ1n) is 10.1. The summed E-state index contributed by atoms with van der Waals surface area (Å²) in [5, 5.41) is 2.66. The van der Waals surface area contributed by atoms with E-state index in [2.05, 4.69) is 17.2 Å². The smallest absolute Gasteiger partial charge is 0.244 e. The first kappa shape index (κ1) is 22.7. The van der Waals surface area contributed by atoms with Gasteiger partial charge in [0.05, 0.1) is 4.90 Å². The lowest BCUT2D eigenvalue weighted by molar-refractivity contribution is -0.114. The molecule has 0 bridgehead atoms. The molecule has 0 radical (unpaired) electrons. The lowest BCUT2D eigenvalue weighted by atomic mass is 10.1. The molecule has 0 aliphatic heterocycles. The zero-order chi connectivity index (χ0) is 22.4. The Morgan fingerprint density at radius 1 is 1.00 bits per heavy atom. The van der Waals surface area contributed by atoms with Gasteiger partial charge < -0.3 is 5.32 Å². The normalized spacial score (nSPS) is 11.5. The van der Waals surface area contributed by atoms with Crippen LogP contribution >= 0.6 is 0 Å². The number of nitrogens with one attached hydrogen (secondary N) is 1. The Balaban J connectivity index is 2.01. The summed E-state index contributed by atoms with van der Waals surface area (Å²) in [6, 6.07) is 16.5. The molecule has 6 nitrogen and oxygen atoms in total. The highest BCUT2D eigenvalue weighted by molar-refractivity contribution is 7.89. The fourth-order valence-electron chi connectivity index (χ4n) is 3.30. The molecule has 0 spiro atoms. The van der Waals surface area contributed by atoms with Crippen LogP contribution in [0, 0.1) is 6.92 Å². The number of carbonyl (C=O) groups excluding carboxylic acids is 1. The Morgan fingerprint density at radius 3 is 2.29 bits per heavy atom. The number of aromatic nitrogens is 1. The molecule has 3 rings (SSSR count). The van der Waals surface area contributed by atoms with Crippen LogP contribution in [0.5, 0.6) is 0 Å². The van der Waals surface area contributed by atoms with Crippen LogP contribution < -0.4 is 5.32 Å². The summed E-state index contributed by atoms with van der Waals surface area (Å²) < 4.78 is 28.9. The van der Waals surface area contributed by atoms with E-state index in [9.17, 15) is 13.2 Å². The molecule has 1 N–H and O–H groups in total. The molecule has 1 aromatic heterocycles. The van der Waals surface area contributed by atoms with Gasteiger partial charge in [-0.1, -0.05) is 43.3 Å². The van der Waals surface area contributed by atoms with Crippen molar-refractivity contribution < 1.29 is 13.2 Å². The average molecular weight is 438 g/mol. The largest absolute Gasteiger partial charge is 0.326 e. The van der Waals surface area contributed by atoms with Gasteiger partial charge in [0.1, 0.15) is 0 Å². The minimum absolute atomic E-state index is 0.174. The molecule has 0 aliphatic rings. The van der Waals surface area contributed by atoms with Gasteiger partial charge in [-0.05, 0) is 53.8 Å². The molecule has 7 heteroatoms. The molecule has 31 heavy (non-hydrogen) atoms. The van der Waals surface area contributed by atoms with Gasteiger partial charge in [0.15, 0.2) is 0 Å². The number of pyridine rings is 1. The quantitative estimate of drug-likeness (QED) is 0.570. The summed E-state index contributed by atoms with van der Waals surface area (Å²) in [4.78, 5) is 15.7. The molecule has 0 atom stereocenters. The summed E-state index contributed by atoms with van der Waals surface area (Å²) in [5.74, 6) is -0.254. The maximum absolute atomic E-state index is 13.7. The molecule has 3 aromatic rings. The van der Waals surface area contributed by atoms with Gasteiger partial charge in [-0.15, -0.1) is 0 Å². The Morgan fingerprint density at radius 2 is 1.68 bits per heavy atom. The van der Waals surface area contributed by atoms with Gasteiger partial charge in [0.25, 0.3) is 0 Å². The predicted molar refractivity (Wildman–Crippen MR) is 122 cm³/mol. The maximum atomic E-state index is 13.7. The van der Waals surface area contributed by atoms with Gasteiger partial charge in [-0.25, -0.2) is 8.42 Å². The third-order valence-corrected chi connectivity index (χ3v) is 6.93. The Labute approximate surface area is 184 Å². The van der Waals surface area contributed by atoms with E-state index in [1.807, 2.05) is 30.3 Å². The molecular weight excluding hydrogens is 410 g/mol. The third-order valence-electron chi connectivity index (χ3n) is 5.00. The molecule has 0 saturated carbocycles. The van der Waals surface area contributed by atoms with Crippen molar-refractivity contribution in [2.45, 2.75) is 45.2 Å². The predicted octanol–water partition coefficient (Wildman–Crippen LogP) is 4.30. The molecular formula is C24H27N3O3S. The van der Waals surface area contributed by atoms with Crippen LogP contribution in [0.4, 0.5) is 5.69 Å². The highest BCUT2D eigenvalue weighted by Crippen LogP contribution is 2.26. The van der Waals surface area contributed by atoms with Crippen molar-refractivity contribution in [3.8, 4) is 0 Å². The van der Waals surface area contributed by atoms with Gasteiger partial charge in [0, 0.05) is 38.1 Å². The fourth-order valence-corrected chi connectivity index (χ4v) is 4.97. The third kappa shape index (κ3) is 5.77. The molecule has 1 amide bonds. The van der Waals surface area contributed by atoms with Gasteiger partial charge in [-0.3, -0.25) is 9.78 Å². The van der Waals surface area contributed by atoms with Crippen molar-refractivity contribution in [2.75, 3.05) is 5.32 Å². The van der Waals surface area contributed by atoms with E-state index >= 15 is 0 Å². The maximum Gasteiger partial charge on any atom is 0.244 e. The lowest BCUT2D eigenvalue weighted by Crippen LogP contribution is -2.31. The highest BCUT2D eigenvalue weighted by Gasteiger charge is 2.27. The van der Waals surface area contributed by atoms with Crippen LogP contribution in [0.25, 0.3) is 0 Å². The summed E-state index contributed by atoms with van der Waals surface area (Å²) in [6.07, 6.45) is 4.25. The van der Waals surface area contributed by atoms with Crippen LogP contribution in [0.2, 0.25) is 0 Å². The molecule has 0 saturated heterocycles. The first-order valence-corrected chi connectivity index (χ1v) is 11.6. The summed E-state index contributed by atoms with van der Waals surface area (Å²) in [7, 11) is -3.85. The number of hydrogen-bond acceptors (Lipinski definition) is 4. The Kier molecular flexibility index (Phi) is 7.20. The fraction of sp³-hybridized carbons (Fsp3) is 0.250. The number of nitrogens with zero attached hydrogens (tertiary/aromatic N) is 2. The highest BCUT2D eigenvalue weighted by atomic mass is 32.2.